The van der Waals surface area contributed by atoms with E-state index in [1.54, 1.807) is 0 Å². The molecule has 10 heavy (non-hydrogen) atoms. The van der Waals surface area contributed by atoms with Crippen molar-refractivity contribution in [3.8, 4) is 0 Å². The molecule has 0 unspecified atom stereocenters. The van der Waals surface area contributed by atoms with Gasteiger partial charge >= 0.3 is 5.97 Å². The molecule has 0 saturated carbocycles. The van der Waals surface area contributed by atoms with Crippen LogP contribution in [0.1, 0.15) is 19.3 Å². The lowest BCUT2D eigenvalue weighted by molar-refractivity contribution is -0.242. The van der Waals surface area contributed by atoms with Crippen LogP contribution in [-0.4, -0.2) is 24.9 Å². The largest absolute Gasteiger partial charge is 0.469 e. The summed E-state index contributed by atoms with van der Waals surface area (Å²) in [7, 11) is 1.35. The molecule has 0 rings (SSSR count). The second-order valence-electron chi connectivity index (χ2n) is 1.87. The number of methoxy groups -OCH3 is 1. The summed E-state index contributed by atoms with van der Waals surface area (Å²) in [5.74, 6) is -0.224. The van der Waals surface area contributed by atoms with Crippen molar-refractivity contribution in [1.29, 1.82) is 0 Å². The fraction of sp³-hybridized carbons (Fsp3) is 0.833. The molecule has 0 spiro atoms. The molecule has 0 aliphatic heterocycles. The van der Waals surface area contributed by atoms with Crippen LogP contribution in [0.2, 0.25) is 0 Å². The summed E-state index contributed by atoms with van der Waals surface area (Å²) in [6.07, 6.45) is 1.75. The number of hydrogen-bond acceptors (Lipinski definition) is 4. The maximum Gasteiger partial charge on any atom is 0.305 e. The van der Waals surface area contributed by atoms with Crippen molar-refractivity contribution in [2.75, 3.05) is 13.7 Å². The van der Waals surface area contributed by atoms with Gasteiger partial charge in [0, 0.05) is 6.42 Å². The maximum absolute atomic E-state index is 10.4. The van der Waals surface area contributed by atoms with Crippen molar-refractivity contribution >= 4 is 5.97 Å². The highest BCUT2D eigenvalue weighted by Gasteiger charge is 1.97. The van der Waals surface area contributed by atoms with E-state index in [1.165, 1.54) is 7.11 Å². The number of hydrogen-bond donors (Lipinski definition) is 1. The first-order chi connectivity index (χ1) is 4.81. The molecule has 0 amide bonds. The first-order valence-corrected chi connectivity index (χ1v) is 3.14. The minimum absolute atomic E-state index is 0.224. The molecule has 60 valence electrons. The highest BCUT2D eigenvalue weighted by molar-refractivity contribution is 5.68. The van der Waals surface area contributed by atoms with Gasteiger partial charge in [-0.05, 0) is 12.8 Å². The number of unbranched alkanes of at least 4 members (excludes halogenated alkanes) is 1. The van der Waals surface area contributed by atoms with Crippen LogP contribution in [0.4, 0.5) is 0 Å². The summed E-state index contributed by atoms with van der Waals surface area (Å²) < 4.78 is 4.39. The van der Waals surface area contributed by atoms with E-state index >= 15 is 0 Å². The molecule has 0 aliphatic carbocycles. The van der Waals surface area contributed by atoms with Crippen molar-refractivity contribution in [1.82, 2.24) is 0 Å². The zero-order valence-corrected chi connectivity index (χ0v) is 6.00. The lowest BCUT2D eigenvalue weighted by Crippen LogP contribution is -2.00. The fourth-order valence-corrected chi connectivity index (χ4v) is 0.538. The molecular formula is C6H12O4. The minimum Gasteiger partial charge on any atom is -0.469 e. The number of carbonyl (C=O) groups excluding carboxylic acids is 1. The Morgan fingerprint density at radius 1 is 1.50 bits per heavy atom. The van der Waals surface area contributed by atoms with Gasteiger partial charge in [0.2, 0.25) is 0 Å². The third-order valence-electron chi connectivity index (χ3n) is 1.09. The number of rotatable bonds is 5. The van der Waals surface area contributed by atoms with Crippen LogP contribution < -0.4 is 0 Å². The average molecular weight is 148 g/mol. The summed E-state index contributed by atoms with van der Waals surface area (Å²) >= 11 is 0. The van der Waals surface area contributed by atoms with Crippen LogP contribution in [0.15, 0.2) is 0 Å². The third kappa shape index (κ3) is 5.53. The van der Waals surface area contributed by atoms with Crippen molar-refractivity contribution in [2.45, 2.75) is 19.3 Å². The molecule has 0 aliphatic rings. The summed E-state index contributed by atoms with van der Waals surface area (Å²) in [5, 5.41) is 7.87. The maximum atomic E-state index is 10.4. The lowest BCUT2D eigenvalue weighted by Gasteiger charge is -1.96. The minimum atomic E-state index is -0.224. The topological polar surface area (TPSA) is 55.8 Å². The zero-order chi connectivity index (χ0) is 7.82. The number of ether oxygens (including phenoxy) is 1. The molecule has 0 fully saturated rings. The molecule has 0 heterocycles. The molecule has 4 heteroatoms. The second kappa shape index (κ2) is 6.51. The van der Waals surface area contributed by atoms with Gasteiger partial charge in [-0.25, -0.2) is 4.89 Å². The first kappa shape index (κ1) is 9.39. The SMILES string of the molecule is COC(=O)CCCCOO. The molecule has 0 aromatic carbocycles. The van der Waals surface area contributed by atoms with Gasteiger partial charge in [-0.1, -0.05) is 0 Å². The van der Waals surface area contributed by atoms with Crippen molar-refractivity contribution < 1.29 is 19.7 Å². The monoisotopic (exact) mass is 148 g/mol. The Balaban J connectivity index is 2.96. The van der Waals surface area contributed by atoms with Crippen LogP contribution in [0.25, 0.3) is 0 Å². The molecule has 4 nitrogen and oxygen atoms in total. The highest BCUT2D eigenvalue weighted by atomic mass is 17.1. The van der Waals surface area contributed by atoms with Gasteiger partial charge < -0.3 is 4.74 Å². The summed E-state index contributed by atoms with van der Waals surface area (Å²) in [6, 6.07) is 0. The third-order valence-corrected chi connectivity index (χ3v) is 1.09. The van der Waals surface area contributed by atoms with Gasteiger partial charge in [0.1, 0.15) is 0 Å². The Morgan fingerprint density at radius 2 is 2.20 bits per heavy atom. The average Bonchev–Trinajstić information content (AvgIpc) is 1.98. The van der Waals surface area contributed by atoms with E-state index in [2.05, 4.69) is 9.62 Å². The van der Waals surface area contributed by atoms with Crippen molar-refractivity contribution in [3.05, 3.63) is 0 Å². The summed E-state index contributed by atoms with van der Waals surface area (Å²) in [4.78, 5) is 14.3. The fourth-order valence-electron chi connectivity index (χ4n) is 0.538. The Kier molecular flexibility index (Phi) is 6.11. The van der Waals surface area contributed by atoms with Gasteiger partial charge in [-0.2, -0.15) is 0 Å². The summed E-state index contributed by atoms with van der Waals surface area (Å²) in [5.41, 5.74) is 0. The molecule has 0 aromatic rings. The van der Waals surface area contributed by atoms with Crippen LogP contribution >= 0.6 is 0 Å². The molecule has 0 radical (unpaired) electrons. The first-order valence-electron chi connectivity index (χ1n) is 3.14. The second-order valence-corrected chi connectivity index (χ2v) is 1.87. The predicted octanol–water partition coefficient (Wildman–Crippen LogP) is 0.819. The van der Waals surface area contributed by atoms with E-state index in [0.29, 0.717) is 19.3 Å². The number of carbonyl (C=O) groups is 1. The van der Waals surface area contributed by atoms with E-state index in [1.807, 2.05) is 0 Å². The smallest absolute Gasteiger partial charge is 0.305 e. The Hall–Kier alpha value is -0.610. The van der Waals surface area contributed by atoms with Gasteiger partial charge in [0.15, 0.2) is 0 Å². The van der Waals surface area contributed by atoms with Gasteiger partial charge in [-0.15, -0.1) is 0 Å². The van der Waals surface area contributed by atoms with Gasteiger partial charge in [0.25, 0.3) is 0 Å². The molecule has 0 atom stereocenters. The molecule has 0 bridgehead atoms. The van der Waals surface area contributed by atoms with E-state index < -0.39 is 0 Å². The zero-order valence-electron chi connectivity index (χ0n) is 6.00. The quantitative estimate of drug-likeness (QED) is 0.271. The Bertz CT molecular complexity index is 91.7. The molecular weight excluding hydrogens is 136 g/mol. The Labute approximate surface area is 59.7 Å². The van der Waals surface area contributed by atoms with Crippen molar-refractivity contribution in [2.24, 2.45) is 0 Å². The van der Waals surface area contributed by atoms with Crippen LogP contribution in [-0.2, 0) is 14.4 Å². The Morgan fingerprint density at radius 3 is 2.70 bits per heavy atom. The van der Waals surface area contributed by atoms with Crippen LogP contribution in [0.3, 0.4) is 0 Å². The molecule has 0 aromatic heterocycles. The van der Waals surface area contributed by atoms with E-state index in [9.17, 15) is 4.79 Å². The van der Waals surface area contributed by atoms with E-state index in [-0.39, 0.29) is 12.6 Å². The normalized spacial score (nSPS) is 9.40. The predicted molar refractivity (Wildman–Crippen MR) is 34.4 cm³/mol. The lowest BCUT2D eigenvalue weighted by atomic mass is 10.2. The standard InChI is InChI=1S/C6H12O4/c1-9-6(7)4-2-3-5-10-8/h8H,2-5H2,1H3. The van der Waals surface area contributed by atoms with Crippen LogP contribution in [0.5, 0.6) is 0 Å². The van der Waals surface area contributed by atoms with E-state index in [0.717, 1.165) is 0 Å². The van der Waals surface area contributed by atoms with E-state index in [4.69, 9.17) is 5.26 Å². The van der Waals surface area contributed by atoms with Gasteiger partial charge in [0.05, 0.1) is 13.7 Å². The van der Waals surface area contributed by atoms with Crippen molar-refractivity contribution in [3.63, 3.8) is 0 Å². The van der Waals surface area contributed by atoms with Crippen LogP contribution in [0, 0.1) is 0 Å². The highest BCUT2D eigenvalue weighted by Crippen LogP contribution is 1.96. The summed E-state index contributed by atoms with van der Waals surface area (Å²) in [6.45, 7) is 0.275. The van der Waals surface area contributed by atoms with Gasteiger partial charge in [-0.3, -0.25) is 10.1 Å². The number of esters is 1. The molecule has 0 saturated heterocycles. The molecule has 1 N–H and O–H groups in total.